The Kier molecular flexibility index (Phi) is 8.14. The molecule has 0 aliphatic heterocycles. The number of methoxy groups -OCH3 is 1. The van der Waals surface area contributed by atoms with Gasteiger partial charge in [-0.3, -0.25) is 4.79 Å². The highest BCUT2D eigenvalue weighted by Crippen LogP contribution is 2.20. The van der Waals surface area contributed by atoms with E-state index in [1.165, 1.54) is 11.8 Å². The first-order chi connectivity index (χ1) is 9.65. The number of carbonyl (C=O) groups is 1. The summed E-state index contributed by atoms with van der Waals surface area (Å²) in [4.78, 5) is 12.7. The molecule has 1 aromatic carbocycles. The summed E-state index contributed by atoms with van der Waals surface area (Å²) in [5, 5.41) is 11.8. The van der Waals surface area contributed by atoms with E-state index < -0.39 is 0 Å². The summed E-state index contributed by atoms with van der Waals surface area (Å²) < 4.78 is 5.08. The first kappa shape index (κ1) is 16.9. The number of benzene rings is 1. The summed E-state index contributed by atoms with van der Waals surface area (Å²) in [6.45, 7) is 2.88. The minimum absolute atomic E-state index is 0.0440. The maximum absolute atomic E-state index is 11.6. The summed E-state index contributed by atoms with van der Waals surface area (Å²) in [6.07, 6.45) is 1.84. The normalized spacial score (nSPS) is 11.9. The van der Waals surface area contributed by atoms with E-state index in [9.17, 15) is 4.79 Å². The molecule has 0 heterocycles. The topological polar surface area (TPSA) is 58.6 Å². The van der Waals surface area contributed by atoms with E-state index in [0.717, 1.165) is 23.5 Å². The Labute approximate surface area is 124 Å². The van der Waals surface area contributed by atoms with Gasteiger partial charge in [0, 0.05) is 18.0 Å². The lowest BCUT2D eigenvalue weighted by Crippen LogP contribution is -2.26. The lowest BCUT2D eigenvalue weighted by atomic mass is 10.1. The van der Waals surface area contributed by atoms with E-state index in [2.05, 4.69) is 5.32 Å². The van der Waals surface area contributed by atoms with Gasteiger partial charge in [0.05, 0.1) is 12.9 Å². The van der Waals surface area contributed by atoms with E-state index in [1.54, 1.807) is 7.11 Å². The van der Waals surface area contributed by atoms with Gasteiger partial charge >= 0.3 is 0 Å². The zero-order valence-corrected chi connectivity index (χ0v) is 12.9. The van der Waals surface area contributed by atoms with Crippen LogP contribution in [0.2, 0.25) is 0 Å². The van der Waals surface area contributed by atoms with Gasteiger partial charge < -0.3 is 15.2 Å². The van der Waals surface area contributed by atoms with Crippen LogP contribution in [-0.2, 0) is 4.79 Å². The quantitative estimate of drug-likeness (QED) is 0.542. The highest BCUT2D eigenvalue weighted by Gasteiger charge is 2.04. The third-order valence-electron chi connectivity index (χ3n) is 2.94. The van der Waals surface area contributed by atoms with Crippen LogP contribution in [0.1, 0.15) is 19.8 Å². The van der Waals surface area contributed by atoms with Crippen LogP contribution in [0, 0.1) is 5.92 Å². The van der Waals surface area contributed by atoms with E-state index in [1.807, 2.05) is 31.2 Å². The fourth-order valence-electron chi connectivity index (χ4n) is 1.64. The van der Waals surface area contributed by atoms with Crippen LogP contribution in [-0.4, -0.2) is 37.0 Å². The molecular formula is C15H23NO3S. The van der Waals surface area contributed by atoms with Crippen LogP contribution in [0.3, 0.4) is 0 Å². The van der Waals surface area contributed by atoms with Crippen LogP contribution in [0.15, 0.2) is 29.2 Å². The zero-order valence-electron chi connectivity index (χ0n) is 12.1. The number of hydrogen-bond acceptors (Lipinski definition) is 4. The Morgan fingerprint density at radius 1 is 1.40 bits per heavy atom. The van der Waals surface area contributed by atoms with Crippen LogP contribution >= 0.6 is 11.8 Å². The largest absolute Gasteiger partial charge is 0.497 e. The molecule has 0 aliphatic carbocycles. The summed E-state index contributed by atoms with van der Waals surface area (Å²) in [5.41, 5.74) is 0. The second-order valence-corrected chi connectivity index (χ2v) is 5.79. The summed E-state index contributed by atoms with van der Waals surface area (Å²) in [6, 6.07) is 7.66. The molecule has 0 aromatic heterocycles. The molecule has 1 rings (SSSR count). The van der Waals surface area contributed by atoms with Crippen LogP contribution in [0.4, 0.5) is 0 Å². The van der Waals surface area contributed by atoms with Crippen LogP contribution < -0.4 is 10.1 Å². The van der Waals surface area contributed by atoms with Gasteiger partial charge in [-0.1, -0.05) is 6.92 Å². The van der Waals surface area contributed by atoms with Gasteiger partial charge in [0.25, 0.3) is 0 Å². The number of thioether (sulfide) groups is 1. The lowest BCUT2D eigenvalue weighted by Gasteiger charge is -2.08. The van der Waals surface area contributed by atoms with E-state index >= 15 is 0 Å². The van der Waals surface area contributed by atoms with Crippen molar-refractivity contribution < 1.29 is 14.6 Å². The fourth-order valence-corrected chi connectivity index (χ4v) is 2.37. The third-order valence-corrected chi connectivity index (χ3v) is 3.95. The Morgan fingerprint density at radius 3 is 2.70 bits per heavy atom. The van der Waals surface area contributed by atoms with Crippen LogP contribution in [0.25, 0.3) is 0 Å². The second-order valence-electron chi connectivity index (χ2n) is 4.74. The van der Waals surface area contributed by atoms with Crippen molar-refractivity contribution in [2.24, 2.45) is 5.92 Å². The molecule has 20 heavy (non-hydrogen) atoms. The number of hydrogen-bond donors (Lipinski definition) is 2. The molecule has 112 valence electrons. The minimum Gasteiger partial charge on any atom is -0.497 e. The monoisotopic (exact) mass is 297 g/mol. The van der Waals surface area contributed by atoms with Gasteiger partial charge in [0.2, 0.25) is 5.91 Å². The van der Waals surface area contributed by atoms with E-state index in [-0.39, 0.29) is 12.5 Å². The molecular weight excluding hydrogens is 274 g/mol. The molecule has 1 unspecified atom stereocenters. The average molecular weight is 297 g/mol. The Bertz CT molecular complexity index is 395. The number of carbonyl (C=O) groups excluding carboxylic acids is 1. The molecule has 1 atom stereocenters. The van der Waals surface area contributed by atoms with E-state index in [4.69, 9.17) is 9.84 Å². The fraction of sp³-hybridized carbons (Fsp3) is 0.533. The summed E-state index contributed by atoms with van der Waals surface area (Å²) in [5.74, 6) is 1.59. The van der Waals surface area contributed by atoms with Gasteiger partial charge in [-0.2, -0.15) is 0 Å². The number of nitrogens with one attached hydrogen (secondary N) is 1. The van der Waals surface area contributed by atoms with Crippen molar-refractivity contribution in [2.45, 2.75) is 24.7 Å². The molecule has 0 saturated carbocycles. The highest BCUT2D eigenvalue weighted by molar-refractivity contribution is 8.00. The Hall–Kier alpha value is -1.20. The molecule has 4 nitrogen and oxygen atoms in total. The van der Waals surface area contributed by atoms with Crippen molar-refractivity contribution >= 4 is 17.7 Å². The summed E-state index contributed by atoms with van der Waals surface area (Å²) in [7, 11) is 1.63. The van der Waals surface area contributed by atoms with Crippen molar-refractivity contribution in [3.05, 3.63) is 24.3 Å². The smallest absolute Gasteiger partial charge is 0.230 e. The van der Waals surface area contributed by atoms with Crippen molar-refractivity contribution in [1.29, 1.82) is 0 Å². The van der Waals surface area contributed by atoms with Crippen molar-refractivity contribution in [2.75, 3.05) is 26.0 Å². The van der Waals surface area contributed by atoms with Gasteiger partial charge in [-0.05, 0) is 43.0 Å². The molecule has 0 saturated heterocycles. The van der Waals surface area contributed by atoms with Crippen LogP contribution in [0.5, 0.6) is 5.75 Å². The molecule has 1 aromatic rings. The van der Waals surface area contributed by atoms with Crippen molar-refractivity contribution in [3.8, 4) is 5.75 Å². The third kappa shape index (κ3) is 6.82. The predicted molar refractivity (Wildman–Crippen MR) is 82.2 cm³/mol. The molecule has 0 fully saturated rings. The van der Waals surface area contributed by atoms with E-state index in [0.29, 0.717) is 18.2 Å². The standard InChI is InChI=1S/C15H23NO3S/c1-12(10-17)4-3-9-16-15(18)11-20-14-7-5-13(19-2)6-8-14/h5-8,12,17H,3-4,9-11H2,1-2H3,(H,16,18). The first-order valence-electron chi connectivity index (χ1n) is 6.80. The summed E-state index contributed by atoms with van der Waals surface area (Å²) >= 11 is 1.51. The number of rotatable bonds is 9. The molecule has 0 aliphatic rings. The highest BCUT2D eigenvalue weighted by atomic mass is 32.2. The van der Waals surface area contributed by atoms with Gasteiger partial charge in [-0.15, -0.1) is 11.8 Å². The maximum Gasteiger partial charge on any atom is 0.230 e. The number of aliphatic hydroxyl groups is 1. The van der Waals surface area contributed by atoms with Crippen molar-refractivity contribution in [3.63, 3.8) is 0 Å². The minimum atomic E-state index is 0.0440. The molecule has 0 spiro atoms. The number of aliphatic hydroxyl groups excluding tert-OH is 1. The Morgan fingerprint density at radius 2 is 2.10 bits per heavy atom. The maximum atomic E-state index is 11.6. The zero-order chi connectivity index (χ0) is 14.8. The molecule has 0 radical (unpaired) electrons. The molecule has 0 bridgehead atoms. The SMILES string of the molecule is COc1ccc(SCC(=O)NCCCC(C)CO)cc1. The first-order valence-corrected chi connectivity index (χ1v) is 7.78. The lowest BCUT2D eigenvalue weighted by molar-refractivity contribution is -0.118. The molecule has 5 heteroatoms. The van der Waals surface area contributed by atoms with Gasteiger partial charge in [-0.25, -0.2) is 0 Å². The Balaban J connectivity index is 2.16. The second kappa shape index (κ2) is 9.66. The molecule has 1 amide bonds. The van der Waals surface area contributed by atoms with Gasteiger partial charge in [0.1, 0.15) is 5.75 Å². The average Bonchev–Trinajstić information content (AvgIpc) is 2.49. The molecule has 2 N–H and O–H groups in total. The van der Waals surface area contributed by atoms with Crippen molar-refractivity contribution in [1.82, 2.24) is 5.32 Å². The number of amides is 1. The predicted octanol–water partition coefficient (Wildman–Crippen LogP) is 2.31. The number of ether oxygens (including phenoxy) is 1. The van der Waals surface area contributed by atoms with Gasteiger partial charge in [0.15, 0.2) is 0 Å².